The minimum Gasteiger partial charge on any atom is -0.395 e. The van der Waals surface area contributed by atoms with Gasteiger partial charge in [-0.1, -0.05) is 11.6 Å². The standard InChI is InChI=1S/C7H16ClNO2.ClH/c1-9(2)6(5-10)3-4-7(8)11;/h6-7,10-11H,3-5H2,1-2H3;1H. The minimum absolute atomic E-state index is 0. The molecule has 2 N–H and O–H groups in total. The van der Waals surface area contributed by atoms with Gasteiger partial charge in [0.05, 0.1) is 6.61 Å². The number of likely N-dealkylation sites (N-methyl/N-ethyl adjacent to an activating group) is 1. The van der Waals surface area contributed by atoms with Crippen LogP contribution in [-0.2, 0) is 0 Å². The van der Waals surface area contributed by atoms with Gasteiger partial charge in [-0.25, -0.2) is 0 Å². The first-order valence-electron chi connectivity index (χ1n) is 3.67. The van der Waals surface area contributed by atoms with Gasteiger partial charge in [0.2, 0.25) is 0 Å². The lowest BCUT2D eigenvalue weighted by Crippen LogP contribution is -2.31. The van der Waals surface area contributed by atoms with Gasteiger partial charge in [-0.3, -0.25) is 0 Å². The van der Waals surface area contributed by atoms with Crippen LogP contribution in [0.2, 0.25) is 0 Å². The summed E-state index contributed by atoms with van der Waals surface area (Å²) < 4.78 is 0. The van der Waals surface area contributed by atoms with Crippen molar-refractivity contribution in [3.05, 3.63) is 0 Å². The molecule has 5 heteroatoms. The zero-order chi connectivity index (χ0) is 8.85. The molecule has 0 radical (unpaired) electrons. The third-order valence-corrected chi connectivity index (χ3v) is 1.90. The third kappa shape index (κ3) is 7.13. The van der Waals surface area contributed by atoms with Crippen LogP contribution < -0.4 is 0 Å². The van der Waals surface area contributed by atoms with Gasteiger partial charge in [0.25, 0.3) is 0 Å². The van der Waals surface area contributed by atoms with Crippen molar-refractivity contribution in [1.82, 2.24) is 4.90 Å². The van der Waals surface area contributed by atoms with E-state index in [0.29, 0.717) is 12.8 Å². The largest absolute Gasteiger partial charge is 0.395 e. The Labute approximate surface area is 84.7 Å². The van der Waals surface area contributed by atoms with Crippen LogP contribution in [0.25, 0.3) is 0 Å². The van der Waals surface area contributed by atoms with E-state index in [0.717, 1.165) is 0 Å². The second kappa shape index (κ2) is 8.08. The van der Waals surface area contributed by atoms with Crippen LogP contribution in [0.1, 0.15) is 12.8 Å². The maximum absolute atomic E-state index is 8.84. The Morgan fingerprint density at radius 3 is 2.08 bits per heavy atom. The Morgan fingerprint density at radius 2 is 1.83 bits per heavy atom. The molecule has 3 nitrogen and oxygen atoms in total. The molecule has 76 valence electrons. The van der Waals surface area contributed by atoms with Gasteiger partial charge in [-0.05, 0) is 26.9 Å². The highest BCUT2D eigenvalue weighted by Crippen LogP contribution is 2.07. The molecule has 0 aromatic heterocycles. The molecule has 0 rings (SSSR count). The number of halogens is 2. The van der Waals surface area contributed by atoms with Crippen LogP contribution in [0.3, 0.4) is 0 Å². The third-order valence-electron chi connectivity index (χ3n) is 1.68. The van der Waals surface area contributed by atoms with Crippen molar-refractivity contribution in [3.8, 4) is 0 Å². The fourth-order valence-corrected chi connectivity index (χ4v) is 0.969. The van der Waals surface area contributed by atoms with E-state index in [2.05, 4.69) is 0 Å². The monoisotopic (exact) mass is 217 g/mol. The van der Waals surface area contributed by atoms with Crippen molar-refractivity contribution >= 4 is 24.0 Å². The predicted molar refractivity (Wildman–Crippen MR) is 52.9 cm³/mol. The van der Waals surface area contributed by atoms with Crippen molar-refractivity contribution in [3.63, 3.8) is 0 Å². The SMILES string of the molecule is CN(C)C(CO)CCC(O)Cl.Cl. The van der Waals surface area contributed by atoms with Gasteiger partial charge < -0.3 is 15.1 Å². The fourth-order valence-electron chi connectivity index (χ4n) is 0.843. The Morgan fingerprint density at radius 1 is 1.33 bits per heavy atom. The Balaban J connectivity index is 0. The highest BCUT2D eigenvalue weighted by Gasteiger charge is 2.10. The van der Waals surface area contributed by atoms with E-state index in [1.807, 2.05) is 19.0 Å². The van der Waals surface area contributed by atoms with Crippen LogP contribution in [-0.4, -0.2) is 47.4 Å². The predicted octanol–water partition coefficient (Wildman–Crippen LogP) is 0.668. The normalized spacial score (nSPS) is 15.5. The summed E-state index contributed by atoms with van der Waals surface area (Å²) >= 11 is 5.34. The molecular formula is C7H17Cl2NO2. The van der Waals surface area contributed by atoms with E-state index in [1.165, 1.54) is 0 Å². The number of hydrogen-bond donors (Lipinski definition) is 2. The Kier molecular flexibility index (Phi) is 10.1. The van der Waals surface area contributed by atoms with Crippen LogP contribution in [0, 0.1) is 0 Å². The van der Waals surface area contributed by atoms with E-state index >= 15 is 0 Å². The van der Waals surface area contributed by atoms with Gasteiger partial charge >= 0.3 is 0 Å². The minimum atomic E-state index is -0.788. The van der Waals surface area contributed by atoms with E-state index in [9.17, 15) is 0 Å². The smallest absolute Gasteiger partial charge is 0.128 e. The molecule has 0 aromatic rings. The highest BCUT2D eigenvalue weighted by atomic mass is 35.5. The lowest BCUT2D eigenvalue weighted by Gasteiger charge is -2.21. The number of aliphatic hydroxyl groups excluding tert-OH is 2. The molecular weight excluding hydrogens is 201 g/mol. The molecule has 0 saturated carbocycles. The Hall–Kier alpha value is 0.460. The fraction of sp³-hybridized carbons (Fsp3) is 1.00. The molecule has 0 bridgehead atoms. The number of aliphatic hydroxyl groups is 2. The number of nitrogens with zero attached hydrogens (tertiary/aromatic N) is 1. The first-order chi connectivity index (χ1) is 5.07. The summed E-state index contributed by atoms with van der Waals surface area (Å²) in [4.78, 5) is 1.92. The van der Waals surface area contributed by atoms with Gasteiger partial charge in [-0.15, -0.1) is 12.4 Å². The molecule has 0 spiro atoms. The molecule has 0 amide bonds. The van der Waals surface area contributed by atoms with Crippen LogP contribution in [0.4, 0.5) is 0 Å². The number of rotatable bonds is 5. The molecule has 2 atom stereocenters. The summed E-state index contributed by atoms with van der Waals surface area (Å²) in [6.45, 7) is 0.108. The second-order valence-corrected chi connectivity index (χ2v) is 3.32. The van der Waals surface area contributed by atoms with E-state index < -0.39 is 5.56 Å². The molecule has 0 saturated heterocycles. The maximum Gasteiger partial charge on any atom is 0.128 e. The van der Waals surface area contributed by atoms with E-state index in [4.69, 9.17) is 21.8 Å². The topological polar surface area (TPSA) is 43.7 Å². The van der Waals surface area contributed by atoms with E-state index in [1.54, 1.807) is 0 Å². The van der Waals surface area contributed by atoms with Crippen molar-refractivity contribution in [1.29, 1.82) is 0 Å². The summed E-state index contributed by atoms with van der Waals surface area (Å²) in [5.74, 6) is 0. The van der Waals surface area contributed by atoms with Crippen LogP contribution in [0.5, 0.6) is 0 Å². The summed E-state index contributed by atoms with van der Waals surface area (Å²) in [5.41, 5.74) is -0.788. The summed E-state index contributed by atoms with van der Waals surface area (Å²) in [5, 5.41) is 17.6. The van der Waals surface area contributed by atoms with Crippen molar-refractivity contribution in [2.24, 2.45) is 0 Å². The average Bonchev–Trinajstić information content (AvgIpc) is 1.87. The van der Waals surface area contributed by atoms with Gasteiger partial charge in [0.1, 0.15) is 5.56 Å². The highest BCUT2D eigenvalue weighted by molar-refractivity contribution is 6.19. The van der Waals surface area contributed by atoms with Crippen molar-refractivity contribution in [2.45, 2.75) is 24.4 Å². The molecule has 0 aliphatic rings. The molecule has 2 unspecified atom stereocenters. The average molecular weight is 218 g/mol. The number of hydrogen-bond acceptors (Lipinski definition) is 3. The lowest BCUT2D eigenvalue weighted by atomic mass is 10.1. The van der Waals surface area contributed by atoms with Crippen LogP contribution in [0.15, 0.2) is 0 Å². The summed E-state index contributed by atoms with van der Waals surface area (Å²) in [6, 6.07) is 0.100. The molecule has 0 aromatic carbocycles. The maximum atomic E-state index is 8.84. The van der Waals surface area contributed by atoms with Gasteiger partial charge in [-0.2, -0.15) is 0 Å². The first kappa shape index (κ1) is 15.0. The zero-order valence-corrected chi connectivity index (χ0v) is 8.98. The van der Waals surface area contributed by atoms with Crippen molar-refractivity contribution < 1.29 is 10.2 Å². The molecule has 12 heavy (non-hydrogen) atoms. The molecule has 0 fully saturated rings. The summed E-state index contributed by atoms with van der Waals surface area (Å²) in [7, 11) is 3.78. The molecule has 0 aliphatic carbocycles. The number of alkyl halides is 1. The van der Waals surface area contributed by atoms with Crippen LogP contribution >= 0.6 is 24.0 Å². The van der Waals surface area contributed by atoms with E-state index in [-0.39, 0.29) is 25.1 Å². The lowest BCUT2D eigenvalue weighted by molar-refractivity contribution is 0.145. The second-order valence-electron chi connectivity index (χ2n) is 2.81. The van der Waals surface area contributed by atoms with Crippen molar-refractivity contribution in [2.75, 3.05) is 20.7 Å². The molecule has 0 heterocycles. The summed E-state index contributed by atoms with van der Waals surface area (Å²) in [6.07, 6.45) is 1.24. The zero-order valence-electron chi connectivity index (χ0n) is 7.40. The Bertz CT molecular complexity index is 101. The first-order valence-corrected chi connectivity index (χ1v) is 4.11. The quantitative estimate of drug-likeness (QED) is 0.666. The van der Waals surface area contributed by atoms with Gasteiger partial charge in [0, 0.05) is 6.04 Å². The molecule has 0 aliphatic heterocycles. The van der Waals surface area contributed by atoms with Gasteiger partial charge in [0.15, 0.2) is 0 Å².